The lowest BCUT2D eigenvalue weighted by molar-refractivity contribution is 0.0560. The van der Waals surface area contributed by atoms with E-state index >= 15 is 0 Å². The molecule has 3 heteroatoms. The Morgan fingerprint density at radius 3 is 2.71 bits per heavy atom. The highest BCUT2D eigenvalue weighted by atomic mass is 19.2. The summed E-state index contributed by atoms with van der Waals surface area (Å²) in [7, 11) is 0. The first kappa shape index (κ1) is 10.9. The van der Waals surface area contributed by atoms with Gasteiger partial charge in [0.25, 0.3) is 0 Å². The zero-order valence-corrected chi connectivity index (χ0v) is 7.93. The molecule has 0 radical (unpaired) electrons. The topological polar surface area (TPSA) is 20.2 Å². The summed E-state index contributed by atoms with van der Waals surface area (Å²) in [5.41, 5.74) is -1.45. The van der Waals surface area contributed by atoms with Crippen molar-refractivity contribution in [2.45, 2.75) is 18.9 Å². The van der Waals surface area contributed by atoms with E-state index in [4.69, 9.17) is 0 Å². The summed E-state index contributed by atoms with van der Waals surface area (Å²) in [4.78, 5) is 0. The van der Waals surface area contributed by atoms with E-state index in [-0.39, 0.29) is 12.0 Å². The van der Waals surface area contributed by atoms with Gasteiger partial charge in [0.15, 0.2) is 11.6 Å². The average Bonchev–Trinajstić information content (AvgIpc) is 2.09. The zero-order chi connectivity index (χ0) is 10.8. The van der Waals surface area contributed by atoms with Gasteiger partial charge in [-0.25, -0.2) is 8.78 Å². The smallest absolute Gasteiger partial charge is 0.164 e. The van der Waals surface area contributed by atoms with E-state index in [9.17, 15) is 13.9 Å². The molecule has 1 nitrogen and oxygen atoms in total. The maximum absolute atomic E-state index is 13.3. The molecule has 0 fully saturated rings. The van der Waals surface area contributed by atoms with E-state index in [1.54, 1.807) is 0 Å². The fourth-order valence-electron chi connectivity index (χ4n) is 1.31. The average molecular weight is 198 g/mol. The summed E-state index contributed by atoms with van der Waals surface area (Å²) >= 11 is 0. The molecule has 0 saturated heterocycles. The Bertz CT molecular complexity index is 345. The van der Waals surface area contributed by atoms with E-state index < -0.39 is 17.2 Å². The largest absolute Gasteiger partial charge is 0.385 e. The van der Waals surface area contributed by atoms with Crippen LogP contribution in [-0.2, 0) is 5.60 Å². The molecule has 1 rings (SSSR count). The number of halogens is 2. The highest BCUT2D eigenvalue weighted by molar-refractivity contribution is 5.25. The number of hydrogen-bond donors (Lipinski definition) is 1. The molecule has 0 aliphatic heterocycles. The van der Waals surface area contributed by atoms with E-state index in [0.717, 1.165) is 6.07 Å². The van der Waals surface area contributed by atoms with Gasteiger partial charge in [-0.2, -0.15) is 0 Å². The highest BCUT2D eigenvalue weighted by Gasteiger charge is 2.26. The van der Waals surface area contributed by atoms with Crippen LogP contribution in [0.15, 0.2) is 30.9 Å². The van der Waals surface area contributed by atoms with Gasteiger partial charge in [-0.05, 0) is 19.4 Å². The summed E-state index contributed by atoms with van der Waals surface area (Å²) in [6.45, 7) is 4.87. The van der Waals surface area contributed by atoms with Crippen molar-refractivity contribution in [1.29, 1.82) is 0 Å². The minimum absolute atomic E-state index is 0.0441. The first-order valence-electron chi connectivity index (χ1n) is 4.27. The zero-order valence-electron chi connectivity index (χ0n) is 7.93. The summed E-state index contributed by atoms with van der Waals surface area (Å²) in [5.74, 6) is -1.95. The number of rotatable bonds is 3. The van der Waals surface area contributed by atoms with Gasteiger partial charge >= 0.3 is 0 Å². The van der Waals surface area contributed by atoms with E-state index in [2.05, 4.69) is 6.58 Å². The summed E-state index contributed by atoms with van der Waals surface area (Å²) in [6, 6.07) is 3.75. The Balaban J connectivity index is 3.18. The molecule has 0 aliphatic carbocycles. The lowest BCUT2D eigenvalue weighted by atomic mass is 9.92. The molecule has 0 spiro atoms. The second-order valence-corrected chi connectivity index (χ2v) is 3.37. The molecule has 76 valence electrons. The Kier molecular flexibility index (Phi) is 3.01. The van der Waals surface area contributed by atoms with Crippen molar-refractivity contribution in [2.75, 3.05) is 0 Å². The Morgan fingerprint density at radius 2 is 2.14 bits per heavy atom. The van der Waals surface area contributed by atoms with Gasteiger partial charge < -0.3 is 5.11 Å². The molecular weight excluding hydrogens is 186 g/mol. The first-order chi connectivity index (χ1) is 6.49. The van der Waals surface area contributed by atoms with Crippen molar-refractivity contribution in [3.8, 4) is 0 Å². The summed E-state index contributed by atoms with van der Waals surface area (Å²) in [6.07, 6.45) is 1.64. The molecule has 1 aromatic carbocycles. The van der Waals surface area contributed by atoms with Crippen molar-refractivity contribution in [2.24, 2.45) is 0 Å². The molecule has 1 aromatic rings. The van der Waals surface area contributed by atoms with E-state index in [1.807, 2.05) is 0 Å². The molecule has 1 unspecified atom stereocenters. The number of hydrogen-bond acceptors (Lipinski definition) is 1. The quantitative estimate of drug-likeness (QED) is 0.740. The maximum Gasteiger partial charge on any atom is 0.164 e. The fourth-order valence-corrected chi connectivity index (χ4v) is 1.31. The van der Waals surface area contributed by atoms with Crippen LogP contribution in [0.25, 0.3) is 0 Å². The molecule has 0 bridgehead atoms. The molecule has 0 saturated carbocycles. The molecule has 0 heterocycles. The van der Waals surface area contributed by atoms with Crippen molar-refractivity contribution in [3.63, 3.8) is 0 Å². The van der Waals surface area contributed by atoms with Crippen LogP contribution in [0.1, 0.15) is 18.9 Å². The van der Waals surface area contributed by atoms with Gasteiger partial charge in [0.2, 0.25) is 0 Å². The van der Waals surface area contributed by atoms with Gasteiger partial charge in [-0.1, -0.05) is 18.2 Å². The van der Waals surface area contributed by atoms with Crippen LogP contribution in [0.2, 0.25) is 0 Å². The Hall–Kier alpha value is -1.22. The molecule has 0 amide bonds. The maximum atomic E-state index is 13.3. The third kappa shape index (κ3) is 1.99. The van der Waals surface area contributed by atoms with Crippen LogP contribution >= 0.6 is 0 Å². The van der Waals surface area contributed by atoms with Gasteiger partial charge in [0, 0.05) is 5.56 Å². The molecule has 1 N–H and O–H groups in total. The van der Waals surface area contributed by atoms with Crippen LogP contribution in [0.4, 0.5) is 8.78 Å². The predicted molar refractivity (Wildman–Crippen MR) is 50.7 cm³/mol. The summed E-state index contributed by atoms with van der Waals surface area (Å²) in [5, 5.41) is 9.81. The van der Waals surface area contributed by atoms with Crippen LogP contribution in [0.3, 0.4) is 0 Å². The Labute approximate surface area is 81.7 Å². The lowest BCUT2D eigenvalue weighted by Gasteiger charge is -2.22. The molecular formula is C11H12F2O. The van der Waals surface area contributed by atoms with Crippen LogP contribution < -0.4 is 0 Å². The lowest BCUT2D eigenvalue weighted by Crippen LogP contribution is -2.22. The van der Waals surface area contributed by atoms with Crippen molar-refractivity contribution in [1.82, 2.24) is 0 Å². The van der Waals surface area contributed by atoms with Crippen molar-refractivity contribution < 1.29 is 13.9 Å². The second kappa shape index (κ2) is 3.88. The monoisotopic (exact) mass is 198 g/mol. The summed E-state index contributed by atoms with van der Waals surface area (Å²) < 4.78 is 26.1. The fraction of sp³-hybridized carbons (Fsp3) is 0.273. The van der Waals surface area contributed by atoms with Gasteiger partial charge in [-0.3, -0.25) is 0 Å². The third-order valence-corrected chi connectivity index (χ3v) is 2.07. The Morgan fingerprint density at radius 1 is 1.50 bits per heavy atom. The van der Waals surface area contributed by atoms with Crippen LogP contribution in [0.5, 0.6) is 0 Å². The van der Waals surface area contributed by atoms with Crippen LogP contribution in [0, 0.1) is 11.6 Å². The third-order valence-electron chi connectivity index (χ3n) is 2.07. The van der Waals surface area contributed by atoms with Gasteiger partial charge in [0.05, 0.1) is 5.60 Å². The molecule has 14 heavy (non-hydrogen) atoms. The SMILES string of the molecule is C=CCC(C)(O)c1cccc(F)c1F. The van der Waals surface area contributed by atoms with E-state index in [0.29, 0.717) is 0 Å². The molecule has 0 aromatic heterocycles. The predicted octanol–water partition coefficient (Wildman–Crippen LogP) is 2.75. The minimum atomic E-state index is -1.41. The number of benzene rings is 1. The van der Waals surface area contributed by atoms with Crippen molar-refractivity contribution in [3.05, 3.63) is 48.1 Å². The van der Waals surface area contributed by atoms with Crippen LogP contribution in [-0.4, -0.2) is 5.11 Å². The van der Waals surface area contributed by atoms with Gasteiger partial charge in [0.1, 0.15) is 0 Å². The van der Waals surface area contributed by atoms with E-state index in [1.165, 1.54) is 25.1 Å². The van der Waals surface area contributed by atoms with Crippen molar-refractivity contribution >= 4 is 0 Å². The highest BCUT2D eigenvalue weighted by Crippen LogP contribution is 2.27. The minimum Gasteiger partial charge on any atom is -0.385 e. The first-order valence-corrected chi connectivity index (χ1v) is 4.27. The molecule has 0 aliphatic rings. The number of aliphatic hydroxyl groups is 1. The van der Waals surface area contributed by atoms with Gasteiger partial charge in [-0.15, -0.1) is 6.58 Å². The molecule has 1 atom stereocenters. The standard InChI is InChI=1S/C11H12F2O/c1-3-7-11(2,14)8-5-4-6-9(12)10(8)13/h3-6,14H,1,7H2,2H3. The normalized spacial score (nSPS) is 14.9. The second-order valence-electron chi connectivity index (χ2n) is 3.37.